The Balaban J connectivity index is 2.05. The maximum atomic E-state index is 13.2. The predicted octanol–water partition coefficient (Wildman–Crippen LogP) is 3.62. The molecule has 0 saturated heterocycles. The van der Waals surface area contributed by atoms with Crippen molar-refractivity contribution in [3.05, 3.63) is 51.3 Å². The average Bonchev–Trinajstić information content (AvgIpc) is 2.69. The molecule has 0 spiro atoms. The van der Waals surface area contributed by atoms with Crippen molar-refractivity contribution in [3.8, 4) is 0 Å². The van der Waals surface area contributed by atoms with Crippen molar-refractivity contribution in [2.45, 2.75) is 6.54 Å². The van der Waals surface area contributed by atoms with Gasteiger partial charge in [-0.05, 0) is 39.7 Å². The highest BCUT2D eigenvalue weighted by molar-refractivity contribution is 9.10. The third-order valence-electron chi connectivity index (χ3n) is 2.91. The average molecular weight is 356 g/mol. The smallest absolute Gasteiger partial charge is 0.202 e. The van der Waals surface area contributed by atoms with Gasteiger partial charge in [0.05, 0.1) is 11.6 Å². The van der Waals surface area contributed by atoms with Gasteiger partial charge in [0.2, 0.25) is 5.95 Å². The molecule has 0 bridgehead atoms. The molecule has 0 amide bonds. The number of anilines is 1. The number of hydrogen-bond donors (Lipinski definition) is 1. The van der Waals surface area contributed by atoms with E-state index in [9.17, 15) is 4.39 Å². The Morgan fingerprint density at radius 1 is 1.35 bits per heavy atom. The number of aromatic nitrogens is 3. The molecule has 0 saturated carbocycles. The van der Waals surface area contributed by atoms with Crippen LogP contribution in [-0.2, 0) is 6.54 Å². The van der Waals surface area contributed by atoms with Crippen LogP contribution in [0.25, 0.3) is 11.2 Å². The Bertz CT molecular complexity index is 802. The number of halogens is 3. The van der Waals surface area contributed by atoms with E-state index < -0.39 is 5.82 Å². The van der Waals surface area contributed by atoms with Gasteiger partial charge in [-0.15, -0.1) is 0 Å². The van der Waals surface area contributed by atoms with Crippen molar-refractivity contribution >= 4 is 44.6 Å². The third-order valence-corrected chi connectivity index (χ3v) is 3.63. The van der Waals surface area contributed by atoms with Crippen molar-refractivity contribution in [2.75, 3.05) is 5.73 Å². The zero-order valence-electron chi connectivity index (χ0n) is 10.1. The number of hydrogen-bond acceptors (Lipinski definition) is 3. The molecule has 3 rings (SSSR count). The van der Waals surface area contributed by atoms with E-state index >= 15 is 0 Å². The van der Waals surface area contributed by atoms with Crippen LogP contribution < -0.4 is 5.73 Å². The number of nitrogens with zero attached hydrogens (tertiary/aromatic N) is 3. The Kier molecular flexibility index (Phi) is 3.35. The summed E-state index contributed by atoms with van der Waals surface area (Å²) in [5.74, 6) is -0.0908. The van der Waals surface area contributed by atoms with Gasteiger partial charge in [-0.3, -0.25) is 4.57 Å². The molecule has 0 radical (unpaired) electrons. The lowest BCUT2D eigenvalue weighted by atomic mass is 10.2. The van der Waals surface area contributed by atoms with Crippen LogP contribution in [0.4, 0.5) is 10.3 Å². The minimum Gasteiger partial charge on any atom is -0.369 e. The molecular weight excluding hydrogens is 347 g/mol. The van der Waals surface area contributed by atoms with Gasteiger partial charge in [-0.25, -0.2) is 14.4 Å². The topological polar surface area (TPSA) is 56.7 Å². The first-order valence-corrected chi connectivity index (χ1v) is 6.93. The van der Waals surface area contributed by atoms with Gasteiger partial charge in [0.25, 0.3) is 0 Å². The van der Waals surface area contributed by atoms with Gasteiger partial charge in [0.1, 0.15) is 11.3 Å². The van der Waals surface area contributed by atoms with E-state index in [1.807, 2.05) is 6.07 Å². The molecule has 3 aromatic rings. The van der Waals surface area contributed by atoms with E-state index in [0.29, 0.717) is 23.7 Å². The fraction of sp³-hybridized carbons (Fsp3) is 0.0769. The van der Waals surface area contributed by atoms with Crippen LogP contribution in [0.2, 0.25) is 5.02 Å². The van der Waals surface area contributed by atoms with Crippen LogP contribution in [0.15, 0.2) is 34.9 Å². The molecule has 7 heteroatoms. The first-order valence-electron chi connectivity index (χ1n) is 5.76. The van der Waals surface area contributed by atoms with Crippen LogP contribution >= 0.6 is 27.5 Å². The van der Waals surface area contributed by atoms with Gasteiger partial charge in [-0.1, -0.05) is 17.7 Å². The van der Waals surface area contributed by atoms with Crippen LogP contribution in [0.5, 0.6) is 0 Å². The zero-order valence-corrected chi connectivity index (χ0v) is 12.5. The Hall–Kier alpha value is -1.66. The van der Waals surface area contributed by atoms with Gasteiger partial charge in [0.15, 0.2) is 5.65 Å². The van der Waals surface area contributed by atoms with Crippen LogP contribution in [0, 0.1) is 5.82 Å². The molecule has 2 aromatic heterocycles. The molecule has 0 aliphatic heterocycles. The minimum absolute atomic E-state index is 0.0844. The summed E-state index contributed by atoms with van der Waals surface area (Å²) in [6.45, 7) is 0.428. The lowest BCUT2D eigenvalue weighted by molar-refractivity contribution is 0.627. The highest BCUT2D eigenvalue weighted by Crippen LogP contribution is 2.22. The maximum Gasteiger partial charge on any atom is 0.202 e. The fourth-order valence-corrected chi connectivity index (χ4v) is 2.50. The summed E-state index contributed by atoms with van der Waals surface area (Å²) in [7, 11) is 0. The van der Waals surface area contributed by atoms with Gasteiger partial charge in [-0.2, -0.15) is 0 Å². The molecular formula is C13H9BrClFN4. The second kappa shape index (κ2) is 5.03. The number of benzene rings is 1. The highest BCUT2D eigenvalue weighted by atomic mass is 79.9. The monoisotopic (exact) mass is 354 g/mol. The first kappa shape index (κ1) is 13.3. The molecule has 0 aliphatic carbocycles. The van der Waals surface area contributed by atoms with E-state index in [1.54, 1.807) is 22.9 Å². The van der Waals surface area contributed by atoms with Gasteiger partial charge >= 0.3 is 0 Å². The summed E-state index contributed by atoms with van der Waals surface area (Å²) < 4.78 is 15.7. The molecule has 102 valence electrons. The Morgan fingerprint density at radius 2 is 2.15 bits per heavy atom. The lowest BCUT2D eigenvalue weighted by Gasteiger charge is -2.06. The SMILES string of the molecule is Nc1nc2cc(Br)cnc2n1Cc1ccc(F)c(Cl)c1. The third kappa shape index (κ3) is 2.36. The Morgan fingerprint density at radius 3 is 2.90 bits per heavy atom. The predicted molar refractivity (Wildman–Crippen MR) is 80.2 cm³/mol. The number of nitrogens with two attached hydrogens (primary N) is 1. The van der Waals surface area contributed by atoms with Crippen molar-refractivity contribution < 1.29 is 4.39 Å². The summed E-state index contributed by atoms with van der Waals surface area (Å²) in [4.78, 5) is 8.56. The van der Waals surface area contributed by atoms with Crippen molar-refractivity contribution in [3.63, 3.8) is 0 Å². The molecule has 0 fully saturated rings. The number of fused-ring (bicyclic) bond motifs is 1. The summed E-state index contributed by atoms with van der Waals surface area (Å²) in [6.07, 6.45) is 1.68. The van der Waals surface area contributed by atoms with E-state index in [1.165, 1.54) is 6.07 Å². The van der Waals surface area contributed by atoms with E-state index in [2.05, 4.69) is 25.9 Å². The van der Waals surface area contributed by atoms with Gasteiger partial charge in [0, 0.05) is 10.7 Å². The van der Waals surface area contributed by atoms with Crippen molar-refractivity contribution in [1.82, 2.24) is 14.5 Å². The lowest BCUT2D eigenvalue weighted by Crippen LogP contribution is -2.05. The summed E-state index contributed by atoms with van der Waals surface area (Å²) in [6, 6.07) is 6.40. The number of imidazole rings is 1. The first-order chi connectivity index (χ1) is 9.54. The summed E-state index contributed by atoms with van der Waals surface area (Å²) in [5, 5.41) is 0.0844. The van der Waals surface area contributed by atoms with Crippen molar-refractivity contribution in [2.24, 2.45) is 0 Å². The highest BCUT2D eigenvalue weighted by Gasteiger charge is 2.11. The zero-order chi connectivity index (χ0) is 14.3. The second-order valence-electron chi connectivity index (χ2n) is 4.30. The molecule has 2 heterocycles. The maximum absolute atomic E-state index is 13.2. The number of pyridine rings is 1. The molecule has 1 aromatic carbocycles. The fourth-order valence-electron chi connectivity index (χ4n) is 1.98. The molecule has 4 nitrogen and oxygen atoms in total. The normalized spacial score (nSPS) is 11.2. The molecule has 2 N–H and O–H groups in total. The Labute approximate surface area is 127 Å². The van der Waals surface area contributed by atoms with Crippen LogP contribution in [0.3, 0.4) is 0 Å². The number of rotatable bonds is 2. The van der Waals surface area contributed by atoms with E-state index in [0.717, 1.165) is 10.0 Å². The molecule has 0 atom stereocenters. The molecule has 20 heavy (non-hydrogen) atoms. The second-order valence-corrected chi connectivity index (χ2v) is 5.62. The molecule has 0 aliphatic rings. The summed E-state index contributed by atoms with van der Waals surface area (Å²) in [5.41, 5.74) is 8.11. The summed E-state index contributed by atoms with van der Waals surface area (Å²) >= 11 is 9.12. The largest absolute Gasteiger partial charge is 0.369 e. The standard InChI is InChI=1S/C13H9BrClFN4/c14-8-4-11-12(18-5-8)20(13(17)19-11)6-7-1-2-10(16)9(15)3-7/h1-5H,6H2,(H2,17,19). The quantitative estimate of drug-likeness (QED) is 0.764. The van der Waals surface area contributed by atoms with E-state index in [-0.39, 0.29) is 5.02 Å². The number of nitrogen functional groups attached to an aromatic ring is 1. The van der Waals surface area contributed by atoms with Crippen molar-refractivity contribution in [1.29, 1.82) is 0 Å². The molecule has 0 unspecified atom stereocenters. The van der Waals surface area contributed by atoms with Crippen LogP contribution in [-0.4, -0.2) is 14.5 Å². The van der Waals surface area contributed by atoms with Gasteiger partial charge < -0.3 is 5.73 Å². The minimum atomic E-state index is -0.444. The van der Waals surface area contributed by atoms with E-state index in [4.69, 9.17) is 17.3 Å². The van der Waals surface area contributed by atoms with Crippen LogP contribution in [0.1, 0.15) is 5.56 Å².